The molecule has 2 heterocycles. The monoisotopic (exact) mass is 348 g/mol. The van der Waals surface area contributed by atoms with E-state index in [1.165, 1.54) is 0 Å². The molecule has 0 atom stereocenters. The maximum Gasteiger partial charge on any atom is 0.206 e. The van der Waals surface area contributed by atoms with Crippen molar-refractivity contribution in [1.82, 2.24) is 9.55 Å². The minimum absolute atomic E-state index is 0.310. The lowest BCUT2D eigenvalue weighted by Crippen LogP contribution is -2.04. The molecule has 25 heavy (non-hydrogen) atoms. The molecule has 0 aliphatic carbocycles. The SMILES string of the molecule is O=S(=O)(c1ccccc1)c1cccc(Cn2ccc3cnccc32)c1. The van der Waals surface area contributed by atoms with E-state index < -0.39 is 9.84 Å². The van der Waals surface area contributed by atoms with Gasteiger partial charge in [0.2, 0.25) is 9.84 Å². The summed E-state index contributed by atoms with van der Waals surface area (Å²) in [5, 5.41) is 1.07. The Labute approximate surface area is 146 Å². The van der Waals surface area contributed by atoms with Gasteiger partial charge in [-0.05, 0) is 42.0 Å². The van der Waals surface area contributed by atoms with Gasteiger partial charge in [-0.15, -0.1) is 0 Å². The molecule has 0 aliphatic heterocycles. The number of hydrogen-bond acceptors (Lipinski definition) is 3. The molecule has 4 rings (SSSR count). The van der Waals surface area contributed by atoms with Crippen LogP contribution in [0.15, 0.2) is 95.1 Å². The van der Waals surface area contributed by atoms with E-state index in [0.29, 0.717) is 16.3 Å². The maximum atomic E-state index is 12.8. The molecule has 2 aromatic carbocycles. The highest BCUT2D eigenvalue weighted by Crippen LogP contribution is 2.22. The maximum absolute atomic E-state index is 12.8. The third-order valence-electron chi connectivity index (χ3n) is 4.19. The van der Waals surface area contributed by atoms with Crippen molar-refractivity contribution in [1.29, 1.82) is 0 Å². The quantitative estimate of drug-likeness (QED) is 0.562. The van der Waals surface area contributed by atoms with Crippen molar-refractivity contribution in [2.45, 2.75) is 16.3 Å². The standard InChI is InChI=1S/C20H16N2O2S/c23-25(24,18-6-2-1-3-7-18)19-8-4-5-16(13-19)15-22-12-10-17-14-21-11-9-20(17)22/h1-14H,15H2. The molecule has 0 saturated carbocycles. The van der Waals surface area contributed by atoms with Crippen LogP contribution < -0.4 is 0 Å². The average Bonchev–Trinajstić information content (AvgIpc) is 3.06. The highest BCUT2D eigenvalue weighted by Gasteiger charge is 2.17. The van der Waals surface area contributed by atoms with E-state index in [1.54, 1.807) is 54.7 Å². The average molecular weight is 348 g/mol. The van der Waals surface area contributed by atoms with Crippen LogP contribution in [-0.2, 0) is 16.4 Å². The van der Waals surface area contributed by atoms with E-state index in [-0.39, 0.29) is 0 Å². The molecule has 4 aromatic rings. The number of nitrogens with zero attached hydrogens (tertiary/aromatic N) is 2. The summed E-state index contributed by atoms with van der Waals surface area (Å²) in [4.78, 5) is 4.74. The number of benzene rings is 2. The van der Waals surface area contributed by atoms with Gasteiger partial charge in [0.1, 0.15) is 0 Å². The first kappa shape index (κ1) is 15.6. The lowest BCUT2D eigenvalue weighted by molar-refractivity contribution is 0.596. The number of fused-ring (bicyclic) bond motifs is 1. The van der Waals surface area contributed by atoms with Gasteiger partial charge in [-0.25, -0.2) is 8.42 Å². The summed E-state index contributed by atoms with van der Waals surface area (Å²) < 4.78 is 27.7. The molecule has 0 bridgehead atoms. The normalized spacial score (nSPS) is 11.7. The molecule has 0 saturated heterocycles. The van der Waals surface area contributed by atoms with Crippen LogP contribution in [0.3, 0.4) is 0 Å². The van der Waals surface area contributed by atoms with Crippen LogP contribution in [0.4, 0.5) is 0 Å². The lowest BCUT2D eigenvalue weighted by atomic mass is 10.2. The summed E-state index contributed by atoms with van der Waals surface area (Å²) >= 11 is 0. The minimum Gasteiger partial charge on any atom is -0.343 e. The third kappa shape index (κ3) is 2.94. The second kappa shape index (κ2) is 6.18. The summed E-state index contributed by atoms with van der Waals surface area (Å²) in [5.74, 6) is 0. The van der Waals surface area contributed by atoms with Crippen molar-refractivity contribution in [3.05, 3.63) is 90.9 Å². The highest BCUT2D eigenvalue weighted by molar-refractivity contribution is 7.91. The van der Waals surface area contributed by atoms with Crippen LogP contribution >= 0.6 is 0 Å². The fourth-order valence-corrected chi connectivity index (χ4v) is 4.27. The second-order valence-electron chi connectivity index (χ2n) is 5.84. The molecule has 0 spiro atoms. The van der Waals surface area contributed by atoms with Crippen molar-refractivity contribution in [2.24, 2.45) is 0 Å². The van der Waals surface area contributed by atoms with Gasteiger partial charge in [-0.3, -0.25) is 4.98 Å². The Balaban J connectivity index is 1.71. The number of sulfone groups is 1. The van der Waals surface area contributed by atoms with Gasteiger partial charge >= 0.3 is 0 Å². The van der Waals surface area contributed by atoms with Crippen LogP contribution in [-0.4, -0.2) is 18.0 Å². The fourth-order valence-electron chi connectivity index (χ4n) is 2.92. The second-order valence-corrected chi connectivity index (χ2v) is 7.79. The van der Waals surface area contributed by atoms with Crippen LogP contribution in [0.25, 0.3) is 10.9 Å². The van der Waals surface area contributed by atoms with Crippen molar-refractivity contribution in [3.8, 4) is 0 Å². The first-order valence-electron chi connectivity index (χ1n) is 7.92. The molecule has 0 aliphatic rings. The molecule has 0 fully saturated rings. The number of aromatic nitrogens is 2. The van der Waals surface area contributed by atoms with Gasteiger partial charge in [0.15, 0.2) is 0 Å². The zero-order valence-corrected chi connectivity index (χ0v) is 14.2. The predicted molar refractivity (Wildman–Crippen MR) is 97.2 cm³/mol. The molecule has 4 nitrogen and oxygen atoms in total. The molecule has 0 unspecified atom stereocenters. The summed E-state index contributed by atoms with van der Waals surface area (Å²) in [5.41, 5.74) is 2.01. The third-order valence-corrected chi connectivity index (χ3v) is 5.95. The van der Waals surface area contributed by atoms with Crippen LogP contribution in [0.2, 0.25) is 0 Å². The topological polar surface area (TPSA) is 52.0 Å². The van der Waals surface area contributed by atoms with Crippen LogP contribution in [0, 0.1) is 0 Å². The molecular formula is C20H16N2O2S. The first-order valence-corrected chi connectivity index (χ1v) is 9.41. The Morgan fingerprint density at radius 3 is 2.52 bits per heavy atom. The summed E-state index contributed by atoms with van der Waals surface area (Å²) in [7, 11) is -3.50. The van der Waals surface area contributed by atoms with E-state index in [2.05, 4.69) is 9.55 Å². The van der Waals surface area contributed by atoms with Crippen LogP contribution in [0.1, 0.15) is 5.56 Å². The molecule has 0 N–H and O–H groups in total. The molecular weight excluding hydrogens is 332 g/mol. The van der Waals surface area contributed by atoms with E-state index in [1.807, 2.05) is 30.6 Å². The summed E-state index contributed by atoms with van der Waals surface area (Å²) in [6, 6.07) is 19.6. The lowest BCUT2D eigenvalue weighted by Gasteiger charge is -2.09. The van der Waals surface area contributed by atoms with E-state index in [9.17, 15) is 8.42 Å². The molecule has 124 valence electrons. The van der Waals surface area contributed by atoms with Gasteiger partial charge in [-0.2, -0.15) is 0 Å². The summed E-state index contributed by atoms with van der Waals surface area (Å²) in [6.07, 6.45) is 5.57. The predicted octanol–water partition coefficient (Wildman–Crippen LogP) is 3.92. The Morgan fingerprint density at radius 1 is 0.880 bits per heavy atom. The zero-order chi connectivity index (χ0) is 17.3. The molecule has 0 amide bonds. The van der Waals surface area contributed by atoms with Gasteiger partial charge in [0.25, 0.3) is 0 Å². The molecule has 0 radical (unpaired) electrons. The van der Waals surface area contributed by atoms with E-state index >= 15 is 0 Å². The summed E-state index contributed by atoms with van der Waals surface area (Å²) in [6.45, 7) is 0.603. The van der Waals surface area contributed by atoms with Crippen molar-refractivity contribution in [3.63, 3.8) is 0 Å². The highest BCUT2D eigenvalue weighted by atomic mass is 32.2. The van der Waals surface area contributed by atoms with Gasteiger partial charge in [-0.1, -0.05) is 30.3 Å². The number of rotatable bonds is 4. The molecule has 5 heteroatoms. The Morgan fingerprint density at radius 2 is 1.68 bits per heavy atom. The Bertz CT molecular complexity index is 1130. The number of pyridine rings is 1. The van der Waals surface area contributed by atoms with E-state index in [0.717, 1.165) is 16.5 Å². The first-order chi connectivity index (χ1) is 12.1. The molecule has 2 aromatic heterocycles. The van der Waals surface area contributed by atoms with Crippen molar-refractivity contribution < 1.29 is 8.42 Å². The van der Waals surface area contributed by atoms with Gasteiger partial charge < -0.3 is 4.57 Å². The van der Waals surface area contributed by atoms with Crippen LogP contribution in [0.5, 0.6) is 0 Å². The Hall–Kier alpha value is -2.92. The Kier molecular flexibility index (Phi) is 3.86. The van der Waals surface area contributed by atoms with Gasteiger partial charge in [0.05, 0.1) is 15.3 Å². The largest absolute Gasteiger partial charge is 0.343 e. The van der Waals surface area contributed by atoms with E-state index in [4.69, 9.17) is 0 Å². The van der Waals surface area contributed by atoms with Crippen molar-refractivity contribution >= 4 is 20.7 Å². The zero-order valence-electron chi connectivity index (χ0n) is 13.4. The number of hydrogen-bond donors (Lipinski definition) is 0. The minimum atomic E-state index is -3.50. The van der Waals surface area contributed by atoms with Gasteiger partial charge in [0, 0.05) is 30.5 Å². The smallest absolute Gasteiger partial charge is 0.206 e. The fraction of sp³-hybridized carbons (Fsp3) is 0.0500. The van der Waals surface area contributed by atoms with Crippen molar-refractivity contribution in [2.75, 3.05) is 0 Å².